The molecule has 2 heterocycles. The van der Waals surface area contributed by atoms with Gasteiger partial charge in [-0.2, -0.15) is 30.4 Å². The van der Waals surface area contributed by atoms with Crippen LogP contribution in [-0.2, 0) is 7.05 Å². The Labute approximate surface area is 132 Å². The fourth-order valence-electron chi connectivity index (χ4n) is 2.49. The van der Waals surface area contributed by atoms with Gasteiger partial charge in [0.25, 0.3) is 0 Å². The topological polar surface area (TPSA) is 72.3 Å². The van der Waals surface area contributed by atoms with E-state index in [9.17, 15) is 0 Å². The summed E-state index contributed by atoms with van der Waals surface area (Å²) in [4.78, 5) is 1.56. The highest BCUT2D eigenvalue weighted by molar-refractivity contribution is 5.71. The second-order valence-corrected chi connectivity index (χ2v) is 5.23. The standard InChI is InChI=1S/C17H14N6/c1-23-19-11-17(21-23)15-8-4-13(5-9-15)12-2-6-14(7-3-12)16-10-18-22-20-16/h2-11H,1H3,(H,18,20,22). The third-order valence-electron chi connectivity index (χ3n) is 3.71. The summed E-state index contributed by atoms with van der Waals surface area (Å²) in [5, 5.41) is 19.0. The van der Waals surface area contributed by atoms with Crippen LogP contribution in [0.5, 0.6) is 0 Å². The van der Waals surface area contributed by atoms with Crippen LogP contribution in [0.15, 0.2) is 60.9 Å². The molecule has 4 aromatic rings. The average molecular weight is 302 g/mol. The number of hydrogen-bond acceptors (Lipinski definition) is 4. The number of H-pyrrole nitrogens is 1. The van der Waals surface area contributed by atoms with E-state index in [0.29, 0.717) is 0 Å². The summed E-state index contributed by atoms with van der Waals surface area (Å²) >= 11 is 0. The van der Waals surface area contributed by atoms with Gasteiger partial charge < -0.3 is 0 Å². The van der Waals surface area contributed by atoms with E-state index in [1.165, 1.54) is 0 Å². The van der Waals surface area contributed by atoms with E-state index in [1.54, 1.807) is 17.2 Å². The van der Waals surface area contributed by atoms with Gasteiger partial charge in [-0.15, -0.1) is 0 Å². The summed E-state index contributed by atoms with van der Waals surface area (Å²) in [6.45, 7) is 0. The minimum absolute atomic E-state index is 0.842. The summed E-state index contributed by atoms with van der Waals surface area (Å²) < 4.78 is 0. The van der Waals surface area contributed by atoms with Crippen LogP contribution in [-0.4, -0.2) is 30.4 Å². The first-order chi connectivity index (χ1) is 11.3. The smallest absolute Gasteiger partial charge is 0.113 e. The van der Waals surface area contributed by atoms with Crippen LogP contribution in [0.1, 0.15) is 0 Å². The Morgan fingerprint density at radius 3 is 1.78 bits per heavy atom. The molecule has 112 valence electrons. The lowest BCUT2D eigenvalue weighted by atomic mass is 10.0. The highest BCUT2D eigenvalue weighted by atomic mass is 15.4. The fraction of sp³-hybridized carbons (Fsp3) is 0.0588. The zero-order valence-electron chi connectivity index (χ0n) is 12.5. The van der Waals surface area contributed by atoms with Gasteiger partial charge in [0.2, 0.25) is 0 Å². The second-order valence-electron chi connectivity index (χ2n) is 5.23. The van der Waals surface area contributed by atoms with Crippen molar-refractivity contribution in [1.29, 1.82) is 0 Å². The predicted molar refractivity (Wildman–Crippen MR) is 87.3 cm³/mol. The van der Waals surface area contributed by atoms with E-state index < -0.39 is 0 Å². The van der Waals surface area contributed by atoms with Crippen LogP contribution in [0, 0.1) is 0 Å². The molecule has 0 aliphatic rings. The number of nitrogens with one attached hydrogen (secondary N) is 1. The maximum atomic E-state index is 4.31. The highest BCUT2D eigenvalue weighted by Gasteiger charge is 2.05. The number of benzene rings is 2. The van der Waals surface area contributed by atoms with Gasteiger partial charge in [-0.05, 0) is 11.1 Å². The van der Waals surface area contributed by atoms with Crippen LogP contribution >= 0.6 is 0 Å². The van der Waals surface area contributed by atoms with Gasteiger partial charge in [0.15, 0.2) is 0 Å². The molecule has 1 N–H and O–H groups in total. The summed E-state index contributed by atoms with van der Waals surface area (Å²) in [7, 11) is 1.81. The number of aromatic nitrogens is 6. The molecule has 0 bridgehead atoms. The van der Waals surface area contributed by atoms with Gasteiger partial charge in [0.1, 0.15) is 11.4 Å². The highest BCUT2D eigenvalue weighted by Crippen LogP contribution is 2.25. The van der Waals surface area contributed by atoms with Crippen molar-refractivity contribution >= 4 is 0 Å². The fourth-order valence-corrected chi connectivity index (χ4v) is 2.49. The van der Waals surface area contributed by atoms with E-state index in [2.05, 4.69) is 62.0 Å². The van der Waals surface area contributed by atoms with Crippen LogP contribution in [0.25, 0.3) is 33.6 Å². The van der Waals surface area contributed by atoms with Crippen LogP contribution < -0.4 is 0 Å². The first kappa shape index (κ1) is 13.4. The molecule has 0 amide bonds. The second kappa shape index (κ2) is 5.49. The SMILES string of the molecule is Cn1ncc(-c2ccc(-c3ccc(-c4cn[nH]n4)cc3)cc2)n1. The van der Waals surface area contributed by atoms with Gasteiger partial charge in [0, 0.05) is 18.2 Å². The first-order valence-corrected chi connectivity index (χ1v) is 7.23. The number of aryl methyl sites for hydroxylation is 1. The van der Waals surface area contributed by atoms with Crippen molar-refractivity contribution in [3.8, 4) is 33.6 Å². The number of aromatic amines is 1. The zero-order chi connectivity index (χ0) is 15.6. The number of hydrogen-bond donors (Lipinski definition) is 1. The van der Waals surface area contributed by atoms with Gasteiger partial charge in [-0.25, -0.2) is 0 Å². The summed E-state index contributed by atoms with van der Waals surface area (Å²) in [5.41, 5.74) is 6.13. The van der Waals surface area contributed by atoms with Gasteiger partial charge in [-0.3, -0.25) is 0 Å². The molecule has 0 saturated heterocycles. The molecule has 2 aromatic carbocycles. The molecule has 0 aliphatic heterocycles. The van der Waals surface area contributed by atoms with Crippen molar-refractivity contribution in [3.63, 3.8) is 0 Å². The Bertz CT molecular complexity index is 905. The average Bonchev–Trinajstić information content (AvgIpc) is 3.27. The number of rotatable bonds is 3. The molecule has 0 atom stereocenters. The van der Waals surface area contributed by atoms with E-state index in [-0.39, 0.29) is 0 Å². The van der Waals surface area contributed by atoms with Gasteiger partial charge in [-0.1, -0.05) is 48.5 Å². The molecule has 0 aliphatic carbocycles. The van der Waals surface area contributed by atoms with E-state index in [4.69, 9.17) is 0 Å². The summed E-state index contributed by atoms with van der Waals surface area (Å²) in [6, 6.07) is 16.6. The number of nitrogens with zero attached hydrogens (tertiary/aromatic N) is 5. The quantitative estimate of drug-likeness (QED) is 0.631. The van der Waals surface area contributed by atoms with Crippen molar-refractivity contribution in [2.75, 3.05) is 0 Å². The van der Waals surface area contributed by atoms with Crippen molar-refractivity contribution in [1.82, 2.24) is 30.4 Å². The van der Waals surface area contributed by atoms with Gasteiger partial charge in [0.05, 0.1) is 12.4 Å². The molecule has 0 saturated carbocycles. The largest absolute Gasteiger partial charge is 0.197 e. The lowest BCUT2D eigenvalue weighted by Gasteiger charge is -2.04. The molecular weight excluding hydrogens is 288 g/mol. The van der Waals surface area contributed by atoms with E-state index >= 15 is 0 Å². The Kier molecular flexibility index (Phi) is 3.20. The molecule has 23 heavy (non-hydrogen) atoms. The normalized spacial score (nSPS) is 10.8. The lowest BCUT2D eigenvalue weighted by Crippen LogP contribution is -1.91. The molecular formula is C17H14N6. The Balaban J connectivity index is 1.60. The molecule has 0 spiro atoms. The molecule has 0 unspecified atom stereocenters. The molecule has 0 radical (unpaired) electrons. The first-order valence-electron chi connectivity index (χ1n) is 7.23. The zero-order valence-corrected chi connectivity index (χ0v) is 12.5. The summed E-state index contributed by atoms with van der Waals surface area (Å²) in [6.07, 6.45) is 3.48. The van der Waals surface area contributed by atoms with Crippen molar-refractivity contribution in [2.24, 2.45) is 7.05 Å². The Hall–Kier alpha value is -3.28. The minimum Gasteiger partial charge on any atom is -0.197 e. The molecule has 0 fully saturated rings. The van der Waals surface area contributed by atoms with Gasteiger partial charge >= 0.3 is 0 Å². The molecule has 6 heteroatoms. The van der Waals surface area contributed by atoms with Crippen molar-refractivity contribution < 1.29 is 0 Å². The minimum atomic E-state index is 0.842. The van der Waals surface area contributed by atoms with E-state index in [0.717, 1.165) is 33.6 Å². The van der Waals surface area contributed by atoms with Crippen LogP contribution in [0.4, 0.5) is 0 Å². The third kappa shape index (κ3) is 2.62. The third-order valence-corrected chi connectivity index (χ3v) is 3.71. The van der Waals surface area contributed by atoms with Crippen molar-refractivity contribution in [3.05, 3.63) is 60.9 Å². The summed E-state index contributed by atoms with van der Waals surface area (Å²) in [5.74, 6) is 0. The van der Waals surface area contributed by atoms with Crippen molar-refractivity contribution in [2.45, 2.75) is 0 Å². The maximum Gasteiger partial charge on any atom is 0.113 e. The van der Waals surface area contributed by atoms with Crippen LogP contribution in [0.2, 0.25) is 0 Å². The molecule has 4 rings (SSSR count). The maximum absolute atomic E-state index is 4.31. The predicted octanol–water partition coefficient (Wildman–Crippen LogP) is 2.93. The van der Waals surface area contributed by atoms with Crippen LogP contribution in [0.3, 0.4) is 0 Å². The Morgan fingerprint density at radius 2 is 1.30 bits per heavy atom. The molecule has 2 aromatic heterocycles. The van der Waals surface area contributed by atoms with E-state index in [1.807, 2.05) is 19.2 Å². The lowest BCUT2D eigenvalue weighted by molar-refractivity contribution is 0.655. The molecule has 6 nitrogen and oxygen atoms in total. The Morgan fingerprint density at radius 1 is 0.739 bits per heavy atom. The monoisotopic (exact) mass is 302 g/mol.